The van der Waals surface area contributed by atoms with Gasteiger partial charge < -0.3 is 10.1 Å². The molecule has 0 spiro atoms. The smallest absolute Gasteiger partial charge is 0.165 e. The third-order valence-corrected chi connectivity index (χ3v) is 4.29. The Morgan fingerprint density at radius 3 is 2.71 bits per heavy atom. The normalized spacial score (nSPS) is 12.2. The van der Waals surface area contributed by atoms with Crippen LogP contribution in [0.25, 0.3) is 0 Å². The molecule has 0 heterocycles. The summed E-state index contributed by atoms with van der Waals surface area (Å²) in [4.78, 5) is 0. The van der Waals surface area contributed by atoms with E-state index in [1.807, 2.05) is 31.2 Å². The first-order chi connectivity index (χ1) is 10.0. The standard InChI is InChI=1S/C16H16BrClFNO/c1-10(11-3-6-16(21-2)15(19)8-11)20-9-12-7-13(18)4-5-14(12)17/h3-8,10,20H,9H2,1-2H3. The van der Waals surface area contributed by atoms with Gasteiger partial charge in [0.15, 0.2) is 11.6 Å². The van der Waals surface area contributed by atoms with Gasteiger partial charge in [0.2, 0.25) is 0 Å². The number of ether oxygens (including phenoxy) is 1. The van der Waals surface area contributed by atoms with Crippen LogP contribution < -0.4 is 10.1 Å². The van der Waals surface area contributed by atoms with Gasteiger partial charge >= 0.3 is 0 Å². The van der Waals surface area contributed by atoms with Crippen molar-refractivity contribution in [3.05, 3.63) is 62.8 Å². The third-order valence-electron chi connectivity index (χ3n) is 3.28. The van der Waals surface area contributed by atoms with Gasteiger partial charge in [0.1, 0.15) is 0 Å². The number of rotatable bonds is 5. The highest BCUT2D eigenvalue weighted by atomic mass is 79.9. The molecule has 0 fully saturated rings. The minimum Gasteiger partial charge on any atom is -0.494 e. The molecule has 2 aromatic carbocycles. The monoisotopic (exact) mass is 371 g/mol. The zero-order chi connectivity index (χ0) is 15.4. The van der Waals surface area contributed by atoms with E-state index < -0.39 is 0 Å². The zero-order valence-corrected chi connectivity index (χ0v) is 14.1. The highest BCUT2D eigenvalue weighted by molar-refractivity contribution is 9.10. The fourth-order valence-electron chi connectivity index (χ4n) is 2.01. The lowest BCUT2D eigenvalue weighted by Crippen LogP contribution is -2.18. The maximum atomic E-state index is 13.7. The van der Waals surface area contributed by atoms with E-state index in [1.165, 1.54) is 13.2 Å². The molecule has 1 atom stereocenters. The van der Waals surface area contributed by atoms with Crippen LogP contribution in [0, 0.1) is 5.82 Å². The molecular weight excluding hydrogens is 357 g/mol. The van der Waals surface area contributed by atoms with Gasteiger partial charge in [0.05, 0.1) is 7.11 Å². The first-order valence-electron chi connectivity index (χ1n) is 6.52. The van der Waals surface area contributed by atoms with Crippen molar-refractivity contribution in [3.63, 3.8) is 0 Å². The summed E-state index contributed by atoms with van der Waals surface area (Å²) in [5, 5.41) is 4.04. The van der Waals surface area contributed by atoms with Gasteiger partial charge in [-0.25, -0.2) is 4.39 Å². The molecule has 2 nitrogen and oxygen atoms in total. The first-order valence-corrected chi connectivity index (χ1v) is 7.69. The van der Waals surface area contributed by atoms with Crippen LogP contribution in [0.1, 0.15) is 24.1 Å². The van der Waals surface area contributed by atoms with Gasteiger partial charge in [-0.2, -0.15) is 0 Å². The Morgan fingerprint density at radius 2 is 2.05 bits per heavy atom. The molecule has 0 radical (unpaired) electrons. The molecule has 0 saturated carbocycles. The maximum Gasteiger partial charge on any atom is 0.165 e. The van der Waals surface area contributed by atoms with Crippen molar-refractivity contribution in [2.24, 2.45) is 0 Å². The number of methoxy groups -OCH3 is 1. The van der Waals surface area contributed by atoms with E-state index >= 15 is 0 Å². The number of hydrogen-bond donors (Lipinski definition) is 1. The van der Waals surface area contributed by atoms with Crippen LogP contribution in [0.2, 0.25) is 5.02 Å². The van der Waals surface area contributed by atoms with Crippen LogP contribution in [-0.2, 0) is 6.54 Å². The van der Waals surface area contributed by atoms with E-state index in [2.05, 4.69) is 21.2 Å². The predicted octanol–water partition coefficient (Wildman–Crippen LogP) is 5.10. The Labute approximate surface area is 137 Å². The average molecular weight is 373 g/mol. The van der Waals surface area contributed by atoms with Crippen LogP contribution in [-0.4, -0.2) is 7.11 Å². The minimum absolute atomic E-state index is 0.0105. The summed E-state index contributed by atoms with van der Waals surface area (Å²) in [5.41, 5.74) is 1.93. The number of hydrogen-bond acceptors (Lipinski definition) is 2. The van der Waals surface area contributed by atoms with Gasteiger partial charge in [0, 0.05) is 22.1 Å². The summed E-state index contributed by atoms with van der Waals surface area (Å²) < 4.78 is 19.6. The summed E-state index contributed by atoms with van der Waals surface area (Å²) >= 11 is 9.48. The van der Waals surface area contributed by atoms with E-state index in [9.17, 15) is 4.39 Å². The zero-order valence-electron chi connectivity index (χ0n) is 11.8. The highest BCUT2D eigenvalue weighted by Crippen LogP contribution is 2.24. The number of halogens is 3. The third kappa shape index (κ3) is 4.19. The summed E-state index contributed by atoms with van der Waals surface area (Å²) in [5.74, 6) is -0.101. The molecule has 5 heteroatoms. The molecule has 1 N–H and O–H groups in total. The molecule has 0 amide bonds. The van der Waals surface area contributed by atoms with Crippen LogP contribution in [0.4, 0.5) is 4.39 Å². The van der Waals surface area contributed by atoms with Crippen LogP contribution in [0.5, 0.6) is 5.75 Å². The SMILES string of the molecule is COc1ccc(C(C)NCc2cc(Cl)ccc2Br)cc1F. The summed E-state index contributed by atoms with van der Waals surface area (Å²) in [6.07, 6.45) is 0. The molecule has 2 rings (SSSR count). The Morgan fingerprint density at radius 1 is 1.29 bits per heavy atom. The van der Waals surface area contributed by atoms with E-state index in [0.29, 0.717) is 11.6 Å². The largest absolute Gasteiger partial charge is 0.494 e. The van der Waals surface area contributed by atoms with Crippen molar-refractivity contribution in [2.45, 2.75) is 19.5 Å². The first kappa shape index (κ1) is 16.3. The van der Waals surface area contributed by atoms with Crippen molar-refractivity contribution in [1.82, 2.24) is 5.32 Å². The number of benzene rings is 2. The molecule has 1 unspecified atom stereocenters. The molecule has 0 aliphatic carbocycles. The van der Waals surface area contributed by atoms with Crippen molar-refractivity contribution < 1.29 is 9.13 Å². The van der Waals surface area contributed by atoms with Gasteiger partial charge in [-0.1, -0.05) is 33.6 Å². The Hall–Kier alpha value is -1.10. The average Bonchev–Trinajstić information content (AvgIpc) is 2.47. The van der Waals surface area contributed by atoms with Gasteiger partial charge in [-0.3, -0.25) is 0 Å². The lowest BCUT2D eigenvalue weighted by atomic mass is 10.1. The van der Waals surface area contributed by atoms with Gasteiger partial charge in [-0.15, -0.1) is 0 Å². The minimum atomic E-state index is -0.354. The van der Waals surface area contributed by atoms with Gasteiger partial charge in [-0.05, 0) is 48.4 Å². The fourth-order valence-corrected chi connectivity index (χ4v) is 2.59. The molecule has 2 aromatic rings. The van der Waals surface area contributed by atoms with Gasteiger partial charge in [0.25, 0.3) is 0 Å². The quantitative estimate of drug-likeness (QED) is 0.788. The van der Waals surface area contributed by atoms with Crippen LogP contribution >= 0.6 is 27.5 Å². The maximum absolute atomic E-state index is 13.7. The summed E-state index contributed by atoms with van der Waals surface area (Å²) in [6, 6.07) is 10.6. The highest BCUT2D eigenvalue weighted by Gasteiger charge is 2.10. The van der Waals surface area contributed by atoms with Crippen molar-refractivity contribution in [2.75, 3.05) is 7.11 Å². The number of nitrogens with one attached hydrogen (secondary N) is 1. The van der Waals surface area contributed by atoms with E-state index in [1.54, 1.807) is 6.07 Å². The molecular formula is C16H16BrClFNO. The second-order valence-electron chi connectivity index (χ2n) is 4.73. The molecule has 112 valence electrons. The lowest BCUT2D eigenvalue weighted by molar-refractivity contribution is 0.385. The van der Waals surface area contributed by atoms with Crippen molar-refractivity contribution in [3.8, 4) is 5.75 Å². The molecule has 21 heavy (non-hydrogen) atoms. The summed E-state index contributed by atoms with van der Waals surface area (Å²) in [6.45, 7) is 2.62. The lowest BCUT2D eigenvalue weighted by Gasteiger charge is -2.16. The predicted molar refractivity (Wildman–Crippen MR) is 87.4 cm³/mol. The Balaban J connectivity index is 2.06. The van der Waals surface area contributed by atoms with Crippen molar-refractivity contribution >= 4 is 27.5 Å². The topological polar surface area (TPSA) is 21.3 Å². The molecule has 0 bridgehead atoms. The molecule has 0 aliphatic heterocycles. The Kier molecular flexibility index (Phi) is 5.62. The van der Waals surface area contributed by atoms with Crippen LogP contribution in [0.3, 0.4) is 0 Å². The molecule has 0 saturated heterocycles. The van der Waals surface area contributed by atoms with E-state index in [4.69, 9.17) is 16.3 Å². The van der Waals surface area contributed by atoms with Crippen molar-refractivity contribution in [1.29, 1.82) is 0 Å². The fraction of sp³-hybridized carbons (Fsp3) is 0.250. The van der Waals surface area contributed by atoms with E-state index in [-0.39, 0.29) is 17.6 Å². The van der Waals surface area contributed by atoms with Crippen LogP contribution in [0.15, 0.2) is 40.9 Å². The molecule has 0 aromatic heterocycles. The summed E-state index contributed by atoms with van der Waals surface area (Å²) in [7, 11) is 1.45. The van der Waals surface area contributed by atoms with E-state index in [0.717, 1.165) is 15.6 Å². The second-order valence-corrected chi connectivity index (χ2v) is 6.02. The Bertz CT molecular complexity index is 636. The molecule has 0 aliphatic rings. The second kappa shape index (κ2) is 7.25.